The molecule has 1 aliphatic heterocycles. The molecule has 1 unspecified atom stereocenters. The molecule has 0 saturated carbocycles. The van der Waals surface area contributed by atoms with Crippen molar-refractivity contribution < 1.29 is 38.2 Å². The molecule has 156 valence electrons. The first-order valence-corrected chi connectivity index (χ1v) is 8.72. The van der Waals surface area contributed by atoms with Crippen molar-refractivity contribution in [2.75, 3.05) is 20.8 Å². The fourth-order valence-electron chi connectivity index (χ4n) is 2.60. The van der Waals surface area contributed by atoms with E-state index >= 15 is 0 Å². The minimum atomic E-state index is -0.882. The van der Waals surface area contributed by atoms with Gasteiger partial charge in [-0.3, -0.25) is 9.59 Å². The number of hydrogen-bond donors (Lipinski definition) is 1. The van der Waals surface area contributed by atoms with Gasteiger partial charge in [0.2, 0.25) is 0 Å². The van der Waals surface area contributed by atoms with Gasteiger partial charge < -0.3 is 24.4 Å². The second kappa shape index (κ2) is 10.1. The van der Waals surface area contributed by atoms with Crippen molar-refractivity contribution >= 4 is 23.9 Å². The van der Waals surface area contributed by atoms with Crippen LogP contribution < -0.4 is 14.8 Å². The van der Waals surface area contributed by atoms with E-state index in [0.717, 1.165) is 0 Å². The summed E-state index contributed by atoms with van der Waals surface area (Å²) in [5.74, 6) is -1.22. The van der Waals surface area contributed by atoms with Crippen molar-refractivity contribution in [3.8, 4) is 11.5 Å². The van der Waals surface area contributed by atoms with E-state index in [1.807, 2.05) is 0 Å². The van der Waals surface area contributed by atoms with Crippen LogP contribution in [0, 0.1) is 0 Å². The van der Waals surface area contributed by atoms with Gasteiger partial charge in [0.1, 0.15) is 6.61 Å². The molecule has 0 aromatic heterocycles. The summed E-state index contributed by atoms with van der Waals surface area (Å²) in [6.07, 6.45) is 0.208. The summed E-state index contributed by atoms with van der Waals surface area (Å²) < 4.78 is 15.3. The van der Waals surface area contributed by atoms with Crippen molar-refractivity contribution in [2.45, 2.75) is 25.3 Å². The molecule has 1 aromatic carbocycles. The standard InChI is InChI=1S/C19H22N2O8/c1-4-9-28-19(25)20-13(12-5-6-14(26-2)15(10-12)27-3)11-18(24)29-21-16(22)7-8-17(21)23/h4-6,10,13H,1,7-9,11H2,2-3H3,(H,20,25). The summed E-state index contributed by atoms with van der Waals surface area (Å²) in [7, 11) is 2.92. The fraction of sp³-hybridized carbons (Fsp3) is 0.368. The lowest BCUT2D eigenvalue weighted by molar-refractivity contribution is -0.197. The van der Waals surface area contributed by atoms with E-state index in [1.165, 1.54) is 20.3 Å². The molecule has 0 spiro atoms. The normalized spacial score (nSPS) is 14.2. The fourth-order valence-corrected chi connectivity index (χ4v) is 2.60. The second-order valence-corrected chi connectivity index (χ2v) is 5.95. The summed E-state index contributed by atoms with van der Waals surface area (Å²) in [5.41, 5.74) is 0.495. The van der Waals surface area contributed by atoms with E-state index < -0.39 is 29.9 Å². The lowest BCUT2D eigenvalue weighted by atomic mass is 10.0. The third-order valence-corrected chi connectivity index (χ3v) is 4.00. The molecule has 29 heavy (non-hydrogen) atoms. The number of nitrogens with zero attached hydrogens (tertiary/aromatic N) is 1. The number of carbonyl (C=O) groups excluding carboxylic acids is 4. The van der Waals surface area contributed by atoms with E-state index in [9.17, 15) is 19.2 Å². The first-order valence-electron chi connectivity index (χ1n) is 8.72. The zero-order chi connectivity index (χ0) is 21.4. The molecule has 1 fully saturated rings. The number of hydroxylamine groups is 2. The maximum absolute atomic E-state index is 12.3. The van der Waals surface area contributed by atoms with E-state index in [0.29, 0.717) is 22.1 Å². The first-order chi connectivity index (χ1) is 13.9. The minimum Gasteiger partial charge on any atom is -0.493 e. The molecule has 1 N–H and O–H groups in total. The average molecular weight is 406 g/mol. The molecule has 0 aliphatic carbocycles. The third kappa shape index (κ3) is 5.71. The summed E-state index contributed by atoms with van der Waals surface area (Å²) in [4.78, 5) is 52.4. The Labute approximate surface area is 167 Å². The summed E-state index contributed by atoms with van der Waals surface area (Å²) in [5, 5.41) is 2.99. The molecular weight excluding hydrogens is 384 g/mol. The second-order valence-electron chi connectivity index (χ2n) is 5.95. The molecule has 0 bridgehead atoms. The van der Waals surface area contributed by atoms with Gasteiger partial charge in [0.15, 0.2) is 11.5 Å². The maximum Gasteiger partial charge on any atom is 0.407 e. The predicted molar refractivity (Wildman–Crippen MR) is 98.8 cm³/mol. The van der Waals surface area contributed by atoms with Crippen molar-refractivity contribution in [1.29, 1.82) is 0 Å². The van der Waals surface area contributed by atoms with Crippen molar-refractivity contribution in [1.82, 2.24) is 10.4 Å². The Morgan fingerprint density at radius 3 is 2.41 bits per heavy atom. The maximum atomic E-state index is 12.3. The van der Waals surface area contributed by atoms with Crippen LogP contribution in [0.3, 0.4) is 0 Å². The Bertz CT molecular complexity index is 791. The highest BCUT2D eigenvalue weighted by Crippen LogP contribution is 2.31. The molecule has 1 aromatic rings. The molecule has 1 atom stereocenters. The molecule has 0 radical (unpaired) electrons. The van der Waals surface area contributed by atoms with Crippen LogP contribution in [0.4, 0.5) is 4.79 Å². The number of hydrogen-bond acceptors (Lipinski definition) is 8. The van der Waals surface area contributed by atoms with Crippen LogP contribution in [-0.2, 0) is 24.0 Å². The zero-order valence-corrected chi connectivity index (χ0v) is 16.1. The Morgan fingerprint density at radius 2 is 1.83 bits per heavy atom. The van der Waals surface area contributed by atoms with E-state index in [-0.39, 0.29) is 25.9 Å². The van der Waals surface area contributed by atoms with Crippen molar-refractivity contribution in [2.24, 2.45) is 0 Å². The van der Waals surface area contributed by atoms with Gasteiger partial charge >= 0.3 is 12.1 Å². The van der Waals surface area contributed by atoms with Crippen LogP contribution in [0.25, 0.3) is 0 Å². The molecule has 1 heterocycles. The predicted octanol–water partition coefficient (Wildman–Crippen LogP) is 1.65. The summed E-state index contributed by atoms with van der Waals surface area (Å²) in [6.45, 7) is 3.43. The highest BCUT2D eigenvalue weighted by molar-refractivity contribution is 6.01. The number of ether oxygens (including phenoxy) is 3. The van der Waals surface area contributed by atoms with Crippen LogP contribution >= 0.6 is 0 Å². The topological polar surface area (TPSA) is 120 Å². The van der Waals surface area contributed by atoms with Crippen LogP contribution in [0.2, 0.25) is 0 Å². The van der Waals surface area contributed by atoms with Crippen LogP contribution in [-0.4, -0.2) is 49.8 Å². The Morgan fingerprint density at radius 1 is 1.17 bits per heavy atom. The monoisotopic (exact) mass is 406 g/mol. The number of carbonyl (C=O) groups is 4. The highest BCUT2D eigenvalue weighted by atomic mass is 16.7. The number of rotatable bonds is 9. The Hall–Kier alpha value is -3.56. The van der Waals surface area contributed by atoms with Crippen LogP contribution in [0.1, 0.15) is 30.9 Å². The summed E-state index contributed by atoms with van der Waals surface area (Å²) in [6, 6.07) is 3.93. The quantitative estimate of drug-likeness (QED) is 0.486. The number of benzene rings is 1. The third-order valence-electron chi connectivity index (χ3n) is 4.00. The van der Waals surface area contributed by atoms with Gasteiger partial charge in [-0.1, -0.05) is 18.7 Å². The lowest BCUT2D eigenvalue weighted by Crippen LogP contribution is -2.35. The number of amides is 3. The minimum absolute atomic E-state index is 0.0165. The average Bonchev–Trinajstić information content (AvgIpc) is 3.03. The Balaban J connectivity index is 2.19. The molecule has 2 rings (SSSR count). The van der Waals surface area contributed by atoms with Crippen molar-refractivity contribution in [3.63, 3.8) is 0 Å². The van der Waals surface area contributed by atoms with Gasteiger partial charge in [-0.2, -0.15) is 0 Å². The number of alkyl carbamates (subject to hydrolysis) is 1. The van der Waals surface area contributed by atoms with Crippen molar-refractivity contribution in [3.05, 3.63) is 36.4 Å². The first kappa shape index (κ1) is 21.7. The van der Waals surface area contributed by atoms with Crippen LogP contribution in [0.5, 0.6) is 11.5 Å². The largest absolute Gasteiger partial charge is 0.493 e. The Kier molecular flexibility index (Phi) is 7.58. The SMILES string of the molecule is C=CCOC(=O)NC(CC(=O)ON1C(=O)CCC1=O)c1ccc(OC)c(OC)c1. The summed E-state index contributed by atoms with van der Waals surface area (Å²) >= 11 is 0. The highest BCUT2D eigenvalue weighted by Gasteiger charge is 2.33. The molecule has 1 aliphatic rings. The van der Waals surface area contributed by atoms with E-state index in [4.69, 9.17) is 19.0 Å². The molecule has 1 saturated heterocycles. The van der Waals surface area contributed by atoms with Gasteiger partial charge in [0.25, 0.3) is 11.8 Å². The zero-order valence-electron chi connectivity index (χ0n) is 16.1. The van der Waals surface area contributed by atoms with Gasteiger partial charge in [0, 0.05) is 12.8 Å². The molecular formula is C19H22N2O8. The molecule has 3 amide bonds. The molecule has 10 nitrogen and oxygen atoms in total. The van der Waals surface area contributed by atoms with E-state index in [2.05, 4.69) is 11.9 Å². The van der Waals surface area contributed by atoms with Crippen LogP contribution in [0.15, 0.2) is 30.9 Å². The van der Waals surface area contributed by atoms with Gasteiger partial charge in [-0.25, -0.2) is 9.59 Å². The van der Waals surface area contributed by atoms with Gasteiger partial charge in [-0.15, -0.1) is 5.06 Å². The van der Waals surface area contributed by atoms with Gasteiger partial charge in [0.05, 0.1) is 26.7 Å². The number of methoxy groups -OCH3 is 2. The smallest absolute Gasteiger partial charge is 0.407 e. The van der Waals surface area contributed by atoms with E-state index in [1.54, 1.807) is 18.2 Å². The van der Waals surface area contributed by atoms with Gasteiger partial charge in [-0.05, 0) is 17.7 Å². The number of nitrogens with one attached hydrogen (secondary N) is 1. The molecule has 10 heteroatoms. The number of imide groups is 1. The lowest BCUT2D eigenvalue weighted by Gasteiger charge is -2.20.